The number of nitrogens with zero attached hydrogens (tertiary/aromatic N) is 4. The summed E-state index contributed by atoms with van der Waals surface area (Å²) < 4.78 is 8.28. The van der Waals surface area contributed by atoms with Crippen molar-refractivity contribution < 1.29 is 9.53 Å². The van der Waals surface area contributed by atoms with Crippen molar-refractivity contribution in [2.75, 3.05) is 20.2 Å². The molecule has 0 N–H and O–H groups in total. The van der Waals surface area contributed by atoms with Gasteiger partial charge in [-0.2, -0.15) is 0 Å². The van der Waals surface area contributed by atoms with Gasteiger partial charge in [-0.3, -0.25) is 13.9 Å². The van der Waals surface area contributed by atoms with Crippen molar-refractivity contribution in [2.24, 2.45) is 7.05 Å². The van der Waals surface area contributed by atoms with E-state index in [4.69, 9.17) is 27.9 Å². The fraction of sp³-hybridized carbons (Fsp3) is 0.381. The molecule has 1 saturated heterocycles. The summed E-state index contributed by atoms with van der Waals surface area (Å²) in [5.41, 5.74) is 2.42. The number of aryl methyl sites for hydroxylation is 1. The Morgan fingerprint density at radius 3 is 2.43 bits per heavy atom. The number of likely N-dealkylation sites (tertiary alicyclic amines) is 1. The molecular formula is C21H22Cl2N4O3. The van der Waals surface area contributed by atoms with Gasteiger partial charge in [0.25, 0.3) is 0 Å². The second kappa shape index (κ2) is 8.41. The van der Waals surface area contributed by atoms with Crippen LogP contribution in [-0.4, -0.2) is 51.2 Å². The zero-order valence-electron chi connectivity index (χ0n) is 16.8. The lowest BCUT2D eigenvalue weighted by atomic mass is 10.1. The molecule has 3 heterocycles. The van der Waals surface area contributed by atoms with Crippen LogP contribution in [0.5, 0.6) is 0 Å². The van der Waals surface area contributed by atoms with E-state index in [1.807, 2.05) is 6.07 Å². The molecule has 1 aliphatic rings. The number of ether oxygens (including phenoxy) is 1. The van der Waals surface area contributed by atoms with Crippen LogP contribution >= 0.6 is 23.2 Å². The normalized spacial score (nSPS) is 15.1. The van der Waals surface area contributed by atoms with Gasteiger partial charge in [0, 0.05) is 49.1 Å². The van der Waals surface area contributed by atoms with E-state index in [1.54, 1.807) is 43.5 Å². The number of amides is 1. The van der Waals surface area contributed by atoms with Crippen LogP contribution in [0.25, 0.3) is 22.3 Å². The van der Waals surface area contributed by atoms with Crippen LogP contribution in [-0.2, 0) is 23.1 Å². The van der Waals surface area contributed by atoms with Gasteiger partial charge in [-0.05, 0) is 42.7 Å². The lowest BCUT2D eigenvalue weighted by molar-refractivity contribution is -0.134. The van der Waals surface area contributed by atoms with Crippen LogP contribution in [0.3, 0.4) is 0 Å². The maximum atomic E-state index is 12.8. The van der Waals surface area contributed by atoms with E-state index in [2.05, 4.69) is 4.98 Å². The lowest BCUT2D eigenvalue weighted by Gasteiger charge is -2.31. The van der Waals surface area contributed by atoms with E-state index in [0.717, 1.165) is 24.0 Å². The molecule has 1 fully saturated rings. The molecule has 0 bridgehead atoms. The van der Waals surface area contributed by atoms with Gasteiger partial charge < -0.3 is 9.64 Å². The predicted octanol–water partition coefficient (Wildman–Crippen LogP) is 3.35. The minimum Gasteiger partial charge on any atom is -0.381 e. The number of aromatic nitrogens is 3. The number of carbonyl (C=O) groups excluding carboxylic acids is 1. The van der Waals surface area contributed by atoms with Gasteiger partial charge in [-0.1, -0.05) is 23.2 Å². The summed E-state index contributed by atoms with van der Waals surface area (Å²) in [4.78, 5) is 31.9. The molecule has 1 aliphatic heterocycles. The minimum absolute atomic E-state index is 0.0385. The van der Waals surface area contributed by atoms with Crippen molar-refractivity contribution in [1.82, 2.24) is 19.0 Å². The summed E-state index contributed by atoms with van der Waals surface area (Å²) in [7, 11) is 3.36. The summed E-state index contributed by atoms with van der Waals surface area (Å²) in [6.07, 6.45) is 3.45. The molecule has 0 unspecified atom stereocenters. The topological polar surface area (TPSA) is 69.4 Å². The Hall–Kier alpha value is -2.35. The summed E-state index contributed by atoms with van der Waals surface area (Å²) in [6.45, 7) is 1.22. The minimum atomic E-state index is -0.279. The van der Waals surface area contributed by atoms with Crippen molar-refractivity contribution in [3.05, 3.63) is 51.0 Å². The third kappa shape index (κ3) is 3.97. The lowest BCUT2D eigenvalue weighted by Crippen LogP contribution is -2.43. The van der Waals surface area contributed by atoms with Crippen LogP contribution in [0, 0.1) is 0 Å². The first-order valence-corrected chi connectivity index (χ1v) is 10.4. The smallest absolute Gasteiger partial charge is 0.330 e. The van der Waals surface area contributed by atoms with Gasteiger partial charge in [0.1, 0.15) is 6.54 Å². The first-order chi connectivity index (χ1) is 14.4. The standard InChI is InChI=1S/C21H22Cl2N4O3/c1-25-18-9-14(13-7-15(22)10-16(23)8-13)11-24-20(18)27(21(25)29)12-19(28)26-5-3-17(30-2)4-6-26/h7-11,17H,3-6,12H2,1-2H3. The highest BCUT2D eigenvalue weighted by Crippen LogP contribution is 2.28. The molecule has 9 heteroatoms. The van der Waals surface area contributed by atoms with E-state index in [0.29, 0.717) is 34.3 Å². The van der Waals surface area contributed by atoms with Gasteiger partial charge >= 0.3 is 5.69 Å². The molecule has 4 rings (SSSR count). The molecule has 0 radical (unpaired) electrons. The first kappa shape index (κ1) is 20.9. The van der Waals surface area contributed by atoms with Crippen molar-refractivity contribution in [2.45, 2.75) is 25.5 Å². The monoisotopic (exact) mass is 448 g/mol. The van der Waals surface area contributed by atoms with Crippen molar-refractivity contribution in [3.8, 4) is 11.1 Å². The number of hydrogen-bond donors (Lipinski definition) is 0. The first-order valence-electron chi connectivity index (χ1n) is 9.69. The van der Waals surface area contributed by atoms with Crippen LogP contribution < -0.4 is 5.69 Å². The molecule has 0 aliphatic carbocycles. The number of piperidine rings is 1. The number of imidazole rings is 1. The molecule has 1 amide bonds. The van der Waals surface area contributed by atoms with Gasteiger partial charge in [-0.25, -0.2) is 9.78 Å². The van der Waals surface area contributed by atoms with E-state index in [-0.39, 0.29) is 24.2 Å². The number of benzene rings is 1. The summed E-state index contributed by atoms with van der Waals surface area (Å²) >= 11 is 12.2. The Morgan fingerprint density at radius 1 is 1.13 bits per heavy atom. The van der Waals surface area contributed by atoms with Crippen molar-refractivity contribution in [3.63, 3.8) is 0 Å². The SMILES string of the molecule is COC1CCN(C(=O)Cn2c(=O)n(C)c3cc(-c4cc(Cl)cc(Cl)c4)cnc32)CC1. The molecule has 7 nitrogen and oxygen atoms in total. The molecule has 2 aromatic heterocycles. The van der Waals surface area contributed by atoms with Gasteiger partial charge in [0.2, 0.25) is 5.91 Å². The highest BCUT2D eigenvalue weighted by atomic mass is 35.5. The highest BCUT2D eigenvalue weighted by molar-refractivity contribution is 6.35. The fourth-order valence-electron chi connectivity index (χ4n) is 3.87. The summed E-state index contributed by atoms with van der Waals surface area (Å²) in [6, 6.07) is 7.10. The number of pyridine rings is 1. The number of methoxy groups -OCH3 is 1. The average molecular weight is 449 g/mol. The maximum Gasteiger partial charge on any atom is 0.330 e. The predicted molar refractivity (Wildman–Crippen MR) is 117 cm³/mol. The zero-order chi connectivity index (χ0) is 21.4. The fourth-order valence-corrected chi connectivity index (χ4v) is 4.40. The second-order valence-electron chi connectivity index (χ2n) is 7.47. The Balaban J connectivity index is 1.64. The molecule has 0 saturated carbocycles. The van der Waals surface area contributed by atoms with Crippen LogP contribution in [0.15, 0.2) is 35.3 Å². The third-order valence-corrected chi connectivity index (χ3v) is 6.04. The van der Waals surface area contributed by atoms with E-state index >= 15 is 0 Å². The summed E-state index contributed by atoms with van der Waals surface area (Å²) in [5.74, 6) is -0.0911. The maximum absolute atomic E-state index is 12.8. The number of hydrogen-bond acceptors (Lipinski definition) is 4. The molecule has 3 aromatic rings. The van der Waals surface area contributed by atoms with Crippen molar-refractivity contribution in [1.29, 1.82) is 0 Å². The average Bonchev–Trinajstić information content (AvgIpc) is 2.97. The van der Waals surface area contributed by atoms with E-state index < -0.39 is 0 Å². The molecule has 30 heavy (non-hydrogen) atoms. The highest BCUT2D eigenvalue weighted by Gasteiger charge is 2.24. The van der Waals surface area contributed by atoms with Gasteiger partial charge in [0.05, 0.1) is 11.6 Å². The number of fused-ring (bicyclic) bond motifs is 1. The van der Waals surface area contributed by atoms with Gasteiger partial charge in [-0.15, -0.1) is 0 Å². The molecule has 158 valence electrons. The van der Waals surface area contributed by atoms with E-state index in [9.17, 15) is 9.59 Å². The Bertz CT molecular complexity index is 1140. The molecular weight excluding hydrogens is 427 g/mol. The molecule has 0 spiro atoms. The Kier molecular flexibility index (Phi) is 5.86. The van der Waals surface area contributed by atoms with Crippen LogP contribution in [0.4, 0.5) is 0 Å². The van der Waals surface area contributed by atoms with Crippen molar-refractivity contribution >= 4 is 40.3 Å². The number of carbonyl (C=O) groups is 1. The summed E-state index contributed by atoms with van der Waals surface area (Å²) in [5, 5.41) is 1.04. The largest absolute Gasteiger partial charge is 0.381 e. The zero-order valence-corrected chi connectivity index (χ0v) is 18.3. The Labute approximate surface area is 183 Å². The van der Waals surface area contributed by atoms with Crippen LogP contribution in [0.1, 0.15) is 12.8 Å². The molecule has 0 atom stereocenters. The van der Waals surface area contributed by atoms with Crippen LogP contribution in [0.2, 0.25) is 10.0 Å². The number of halogens is 2. The molecule has 1 aromatic carbocycles. The Morgan fingerprint density at radius 2 is 1.80 bits per heavy atom. The quantitative estimate of drug-likeness (QED) is 0.613. The van der Waals surface area contributed by atoms with E-state index in [1.165, 1.54) is 9.13 Å². The second-order valence-corrected chi connectivity index (χ2v) is 8.34. The third-order valence-electron chi connectivity index (χ3n) is 5.60. The van der Waals surface area contributed by atoms with Gasteiger partial charge in [0.15, 0.2) is 5.65 Å². The number of rotatable bonds is 4.